The number of nitrogens with two attached hydrogens (primary N) is 1. The number of hydrogen-bond acceptors (Lipinski definition) is 5. The second-order valence-electron chi connectivity index (χ2n) is 3.39. The lowest BCUT2D eigenvalue weighted by atomic mass is 10.1. The molecule has 0 bridgehead atoms. The van der Waals surface area contributed by atoms with Gasteiger partial charge >= 0.3 is 0 Å². The van der Waals surface area contributed by atoms with Gasteiger partial charge in [-0.05, 0) is 12.5 Å². The number of nitrogens with zero attached hydrogens (tertiary/aromatic N) is 1. The first-order chi connectivity index (χ1) is 8.10. The van der Waals surface area contributed by atoms with Gasteiger partial charge in [-0.15, -0.1) is 0 Å². The van der Waals surface area contributed by atoms with Gasteiger partial charge in [0.15, 0.2) is 0 Å². The minimum absolute atomic E-state index is 0.148. The summed E-state index contributed by atoms with van der Waals surface area (Å²) in [6.07, 6.45) is 0.784. The number of nitrogens with one attached hydrogen (secondary N) is 2. The van der Waals surface area contributed by atoms with Crippen molar-refractivity contribution in [1.29, 1.82) is 0 Å². The Morgan fingerprint density at radius 3 is 2.76 bits per heavy atom. The fraction of sp³-hybridized carbons (Fsp3) is 0.300. The first-order valence-corrected chi connectivity index (χ1v) is 5.13. The molecule has 0 aliphatic carbocycles. The van der Waals surface area contributed by atoms with Crippen molar-refractivity contribution in [3.05, 3.63) is 33.9 Å². The van der Waals surface area contributed by atoms with Gasteiger partial charge in [0.2, 0.25) is 0 Å². The first kappa shape index (κ1) is 12.9. The SMILES string of the molecule is CCCNC(=O)c1cc([N+](=O)[O-])ccc1NN. The monoisotopic (exact) mass is 238 g/mol. The Hall–Kier alpha value is -2.15. The maximum Gasteiger partial charge on any atom is 0.270 e. The molecule has 0 unspecified atom stereocenters. The quantitative estimate of drug-likeness (QED) is 0.403. The highest BCUT2D eigenvalue weighted by molar-refractivity contribution is 6.00. The second-order valence-corrected chi connectivity index (χ2v) is 3.39. The number of non-ortho nitro benzene ring substituents is 1. The normalized spacial score (nSPS) is 9.76. The van der Waals surface area contributed by atoms with E-state index in [1.807, 2.05) is 6.92 Å². The van der Waals surface area contributed by atoms with E-state index >= 15 is 0 Å². The zero-order valence-corrected chi connectivity index (χ0v) is 9.40. The molecule has 4 N–H and O–H groups in total. The number of benzene rings is 1. The summed E-state index contributed by atoms with van der Waals surface area (Å²) >= 11 is 0. The maximum absolute atomic E-state index is 11.7. The third-order valence-corrected chi connectivity index (χ3v) is 2.15. The number of amides is 1. The van der Waals surface area contributed by atoms with Gasteiger partial charge in [-0.3, -0.25) is 20.8 Å². The number of carbonyl (C=O) groups is 1. The molecule has 0 spiro atoms. The molecule has 17 heavy (non-hydrogen) atoms. The Morgan fingerprint density at radius 2 is 2.24 bits per heavy atom. The van der Waals surface area contributed by atoms with Crippen LogP contribution in [0.4, 0.5) is 11.4 Å². The van der Waals surface area contributed by atoms with E-state index < -0.39 is 4.92 Å². The Bertz CT molecular complexity index is 434. The first-order valence-electron chi connectivity index (χ1n) is 5.13. The van der Waals surface area contributed by atoms with E-state index in [-0.39, 0.29) is 17.2 Å². The van der Waals surface area contributed by atoms with E-state index in [1.54, 1.807) is 0 Å². The fourth-order valence-electron chi connectivity index (χ4n) is 1.29. The number of hydrogen-bond donors (Lipinski definition) is 3. The van der Waals surface area contributed by atoms with E-state index in [2.05, 4.69) is 10.7 Å². The smallest absolute Gasteiger partial charge is 0.270 e. The summed E-state index contributed by atoms with van der Waals surface area (Å²) < 4.78 is 0. The molecule has 1 aromatic carbocycles. The molecule has 1 aromatic rings. The lowest BCUT2D eigenvalue weighted by Gasteiger charge is -2.08. The molecule has 7 heteroatoms. The number of nitrogen functional groups attached to an aromatic ring is 1. The van der Waals surface area contributed by atoms with Crippen LogP contribution in [0.1, 0.15) is 23.7 Å². The van der Waals surface area contributed by atoms with Gasteiger partial charge in [-0.1, -0.05) is 6.92 Å². The van der Waals surface area contributed by atoms with Crippen LogP contribution in [0.2, 0.25) is 0 Å². The molecule has 1 rings (SSSR count). The van der Waals surface area contributed by atoms with Crippen molar-refractivity contribution in [1.82, 2.24) is 5.32 Å². The van der Waals surface area contributed by atoms with Crippen molar-refractivity contribution in [3.63, 3.8) is 0 Å². The summed E-state index contributed by atoms with van der Waals surface area (Å²) in [5.74, 6) is 4.86. The molecule has 1 amide bonds. The summed E-state index contributed by atoms with van der Waals surface area (Å²) in [4.78, 5) is 21.8. The third-order valence-electron chi connectivity index (χ3n) is 2.15. The summed E-state index contributed by atoms with van der Waals surface area (Å²) in [6, 6.07) is 3.88. The molecule has 0 saturated heterocycles. The predicted octanol–water partition coefficient (Wildman–Crippen LogP) is 1.02. The van der Waals surface area contributed by atoms with E-state index in [4.69, 9.17) is 5.84 Å². The third kappa shape index (κ3) is 3.15. The molecule has 0 saturated carbocycles. The zero-order valence-electron chi connectivity index (χ0n) is 9.40. The summed E-state index contributed by atoms with van der Waals surface area (Å²) in [5.41, 5.74) is 2.70. The Balaban J connectivity index is 3.05. The van der Waals surface area contributed by atoms with Crippen LogP contribution in [0.15, 0.2) is 18.2 Å². The van der Waals surface area contributed by atoms with E-state index in [1.165, 1.54) is 18.2 Å². The number of carbonyl (C=O) groups excluding carboxylic acids is 1. The highest BCUT2D eigenvalue weighted by Gasteiger charge is 2.15. The molecule has 0 radical (unpaired) electrons. The van der Waals surface area contributed by atoms with Crippen LogP contribution >= 0.6 is 0 Å². The summed E-state index contributed by atoms with van der Waals surface area (Å²) in [5, 5.41) is 13.2. The van der Waals surface area contributed by atoms with Crippen molar-refractivity contribution >= 4 is 17.3 Å². The van der Waals surface area contributed by atoms with Crippen LogP contribution in [0.25, 0.3) is 0 Å². The number of rotatable bonds is 5. The largest absolute Gasteiger partial charge is 0.352 e. The van der Waals surface area contributed by atoms with Crippen LogP contribution in [-0.4, -0.2) is 17.4 Å². The van der Waals surface area contributed by atoms with Crippen LogP contribution in [0, 0.1) is 10.1 Å². The maximum atomic E-state index is 11.7. The average Bonchev–Trinajstić information content (AvgIpc) is 2.34. The van der Waals surface area contributed by atoms with Crippen LogP contribution in [0.5, 0.6) is 0 Å². The summed E-state index contributed by atoms with van der Waals surface area (Å²) in [6.45, 7) is 2.42. The Labute approximate surface area is 98.1 Å². The van der Waals surface area contributed by atoms with Gasteiger partial charge in [0.05, 0.1) is 16.2 Å². The van der Waals surface area contributed by atoms with E-state index in [0.29, 0.717) is 12.2 Å². The van der Waals surface area contributed by atoms with Crippen molar-refractivity contribution in [2.24, 2.45) is 5.84 Å². The standard InChI is InChI=1S/C10H14N4O3/c1-2-5-12-10(15)8-6-7(14(16)17)3-4-9(8)13-11/h3-4,6,13H,2,5,11H2,1H3,(H,12,15). The number of nitro benzene ring substituents is 1. The molecule has 0 fully saturated rings. The average molecular weight is 238 g/mol. The van der Waals surface area contributed by atoms with Crippen LogP contribution in [-0.2, 0) is 0 Å². The van der Waals surface area contributed by atoms with E-state index in [0.717, 1.165) is 6.42 Å². The molecular weight excluding hydrogens is 224 g/mol. The van der Waals surface area contributed by atoms with Crippen LogP contribution < -0.4 is 16.6 Å². The fourth-order valence-corrected chi connectivity index (χ4v) is 1.29. The molecule has 92 valence electrons. The van der Waals surface area contributed by atoms with Crippen molar-refractivity contribution in [3.8, 4) is 0 Å². The van der Waals surface area contributed by atoms with Gasteiger partial charge in [-0.25, -0.2) is 0 Å². The number of nitro groups is 1. The molecule has 7 nitrogen and oxygen atoms in total. The lowest BCUT2D eigenvalue weighted by Crippen LogP contribution is -2.25. The Morgan fingerprint density at radius 1 is 1.53 bits per heavy atom. The van der Waals surface area contributed by atoms with Gasteiger partial charge in [0, 0.05) is 18.7 Å². The highest BCUT2D eigenvalue weighted by Crippen LogP contribution is 2.21. The van der Waals surface area contributed by atoms with Crippen LogP contribution in [0.3, 0.4) is 0 Å². The van der Waals surface area contributed by atoms with Gasteiger partial charge in [-0.2, -0.15) is 0 Å². The Kier molecular flexibility index (Phi) is 4.41. The zero-order chi connectivity index (χ0) is 12.8. The van der Waals surface area contributed by atoms with Gasteiger partial charge < -0.3 is 10.7 Å². The molecule has 0 aliphatic heterocycles. The summed E-state index contributed by atoms with van der Waals surface area (Å²) in [7, 11) is 0. The number of hydrazine groups is 1. The molecular formula is C10H14N4O3. The topological polar surface area (TPSA) is 110 Å². The predicted molar refractivity (Wildman–Crippen MR) is 63.5 cm³/mol. The second kappa shape index (κ2) is 5.80. The molecule has 0 atom stereocenters. The number of anilines is 1. The molecule has 0 aliphatic rings. The van der Waals surface area contributed by atoms with E-state index in [9.17, 15) is 14.9 Å². The van der Waals surface area contributed by atoms with Crippen molar-refractivity contribution < 1.29 is 9.72 Å². The van der Waals surface area contributed by atoms with Gasteiger partial charge in [0.1, 0.15) is 0 Å². The highest BCUT2D eigenvalue weighted by atomic mass is 16.6. The minimum Gasteiger partial charge on any atom is -0.352 e. The van der Waals surface area contributed by atoms with Crippen molar-refractivity contribution in [2.75, 3.05) is 12.0 Å². The lowest BCUT2D eigenvalue weighted by molar-refractivity contribution is -0.384. The van der Waals surface area contributed by atoms with Crippen molar-refractivity contribution in [2.45, 2.75) is 13.3 Å². The molecule has 0 heterocycles. The minimum atomic E-state index is -0.559. The van der Waals surface area contributed by atoms with Gasteiger partial charge in [0.25, 0.3) is 11.6 Å². The molecule has 0 aromatic heterocycles.